The average Bonchev–Trinajstić information content (AvgIpc) is 2.67. The molecule has 6 nitrogen and oxygen atoms in total. The second kappa shape index (κ2) is 4.40. The zero-order chi connectivity index (χ0) is 12.4. The highest BCUT2D eigenvalue weighted by Crippen LogP contribution is 2.38. The van der Waals surface area contributed by atoms with Crippen LogP contribution in [0.15, 0.2) is 12.3 Å². The van der Waals surface area contributed by atoms with Crippen molar-refractivity contribution in [2.45, 2.75) is 12.3 Å². The number of carbonyl (C=O) groups excluding carboxylic acids is 2. The van der Waals surface area contributed by atoms with Crippen LogP contribution in [0.2, 0.25) is 0 Å². The number of cyclic esters (lactones) is 2. The van der Waals surface area contributed by atoms with E-state index in [4.69, 9.17) is 9.47 Å². The predicted molar refractivity (Wildman–Crippen MR) is 55.8 cm³/mol. The van der Waals surface area contributed by atoms with Crippen molar-refractivity contribution in [3.8, 4) is 11.6 Å². The molecule has 0 aliphatic carbocycles. The molecule has 17 heavy (non-hydrogen) atoms. The van der Waals surface area contributed by atoms with Crippen LogP contribution >= 0.6 is 0 Å². The zero-order valence-corrected chi connectivity index (χ0v) is 9.43. The Morgan fingerprint density at radius 3 is 2.65 bits per heavy atom. The molecule has 1 atom stereocenters. The molecule has 1 saturated heterocycles. The fourth-order valence-electron chi connectivity index (χ4n) is 1.79. The van der Waals surface area contributed by atoms with Gasteiger partial charge in [-0.3, -0.25) is 9.59 Å². The van der Waals surface area contributed by atoms with Gasteiger partial charge in [0.25, 0.3) is 0 Å². The largest absolute Gasteiger partial charge is 0.496 e. The Morgan fingerprint density at radius 2 is 2.12 bits per heavy atom. The number of nitrogens with zero attached hydrogens (tertiary/aromatic N) is 1. The van der Waals surface area contributed by atoms with Gasteiger partial charge < -0.3 is 14.2 Å². The lowest BCUT2D eigenvalue weighted by Gasteiger charge is -2.13. The summed E-state index contributed by atoms with van der Waals surface area (Å²) in [5.74, 6) is -1.14. The maximum Gasteiger partial charge on any atom is 0.322 e. The molecule has 0 N–H and O–H groups in total. The molecular weight excluding hydrogens is 226 g/mol. The molecule has 1 unspecified atom stereocenters. The van der Waals surface area contributed by atoms with E-state index in [2.05, 4.69) is 9.72 Å². The van der Waals surface area contributed by atoms with Crippen molar-refractivity contribution in [3.05, 3.63) is 17.8 Å². The normalized spacial score (nSPS) is 19.1. The molecular formula is C11H11NO5. The van der Waals surface area contributed by atoms with Crippen LogP contribution in [-0.2, 0) is 14.3 Å². The van der Waals surface area contributed by atoms with Crippen molar-refractivity contribution >= 4 is 11.9 Å². The third-order valence-electron chi connectivity index (χ3n) is 2.55. The molecule has 1 aliphatic heterocycles. The third kappa shape index (κ3) is 1.93. The minimum absolute atomic E-state index is 0.0166. The number of methoxy groups -OCH3 is 2. The van der Waals surface area contributed by atoms with Gasteiger partial charge in [-0.1, -0.05) is 0 Å². The van der Waals surface area contributed by atoms with Crippen LogP contribution in [0.3, 0.4) is 0 Å². The number of ether oxygens (including phenoxy) is 3. The SMILES string of the molecule is COc1ccnc(OC)c1C1CC(=O)OC1=O. The molecule has 1 aliphatic rings. The van der Waals surface area contributed by atoms with E-state index in [-0.39, 0.29) is 12.3 Å². The van der Waals surface area contributed by atoms with Crippen molar-refractivity contribution in [2.24, 2.45) is 0 Å². The summed E-state index contributed by atoms with van der Waals surface area (Å²) < 4.78 is 14.7. The fraction of sp³-hybridized carbons (Fsp3) is 0.364. The summed E-state index contributed by atoms with van der Waals surface area (Å²) in [6, 6.07) is 1.61. The van der Waals surface area contributed by atoms with Crippen molar-refractivity contribution in [3.63, 3.8) is 0 Å². The van der Waals surface area contributed by atoms with Crippen LogP contribution in [0.1, 0.15) is 17.9 Å². The summed E-state index contributed by atoms with van der Waals surface area (Å²) in [5.41, 5.74) is 0.452. The minimum Gasteiger partial charge on any atom is -0.496 e. The van der Waals surface area contributed by atoms with Crippen molar-refractivity contribution in [1.29, 1.82) is 0 Å². The number of rotatable bonds is 3. The molecule has 0 bridgehead atoms. The molecule has 0 saturated carbocycles. The second-order valence-electron chi connectivity index (χ2n) is 3.49. The van der Waals surface area contributed by atoms with E-state index in [0.29, 0.717) is 11.3 Å². The molecule has 2 rings (SSSR count). The standard InChI is InChI=1S/C11H11NO5/c1-15-7-3-4-12-10(16-2)9(7)6-5-8(13)17-11(6)14/h3-4,6H,5H2,1-2H3. The van der Waals surface area contributed by atoms with Crippen LogP contribution < -0.4 is 9.47 Å². The number of carbonyl (C=O) groups is 2. The van der Waals surface area contributed by atoms with E-state index < -0.39 is 17.9 Å². The Kier molecular flexibility index (Phi) is 2.95. The van der Waals surface area contributed by atoms with Gasteiger partial charge in [0.2, 0.25) is 5.88 Å². The van der Waals surface area contributed by atoms with Crippen LogP contribution in [0.25, 0.3) is 0 Å². The fourth-order valence-corrected chi connectivity index (χ4v) is 1.79. The van der Waals surface area contributed by atoms with E-state index in [9.17, 15) is 9.59 Å². The number of hydrogen-bond donors (Lipinski definition) is 0. The Labute approximate surface area is 97.5 Å². The highest BCUT2D eigenvalue weighted by atomic mass is 16.6. The molecule has 2 heterocycles. The third-order valence-corrected chi connectivity index (χ3v) is 2.55. The maximum absolute atomic E-state index is 11.5. The summed E-state index contributed by atoms with van der Waals surface area (Å²) in [5, 5.41) is 0. The Balaban J connectivity index is 2.49. The van der Waals surface area contributed by atoms with Gasteiger partial charge in [-0.15, -0.1) is 0 Å². The summed E-state index contributed by atoms with van der Waals surface area (Å²) >= 11 is 0. The summed E-state index contributed by atoms with van der Waals surface area (Å²) in [4.78, 5) is 26.6. The van der Waals surface area contributed by atoms with E-state index in [1.165, 1.54) is 20.4 Å². The van der Waals surface area contributed by atoms with Crippen LogP contribution in [0, 0.1) is 0 Å². The first-order chi connectivity index (χ1) is 8.17. The van der Waals surface area contributed by atoms with Gasteiger partial charge in [0.15, 0.2) is 0 Å². The summed E-state index contributed by atoms with van der Waals surface area (Å²) in [7, 11) is 2.91. The molecule has 6 heteroatoms. The van der Waals surface area contributed by atoms with Gasteiger partial charge >= 0.3 is 11.9 Å². The van der Waals surface area contributed by atoms with E-state index in [0.717, 1.165) is 0 Å². The molecule has 0 spiro atoms. The molecule has 0 radical (unpaired) electrons. The van der Waals surface area contributed by atoms with E-state index >= 15 is 0 Å². The highest BCUT2D eigenvalue weighted by molar-refractivity contribution is 5.98. The Morgan fingerprint density at radius 1 is 1.35 bits per heavy atom. The van der Waals surface area contributed by atoms with E-state index in [1.54, 1.807) is 6.07 Å². The molecule has 0 aromatic carbocycles. The van der Waals surface area contributed by atoms with Gasteiger partial charge in [0.1, 0.15) is 11.7 Å². The van der Waals surface area contributed by atoms with Crippen molar-refractivity contribution in [1.82, 2.24) is 4.98 Å². The number of esters is 2. The van der Waals surface area contributed by atoms with Gasteiger partial charge in [0.05, 0.1) is 26.2 Å². The minimum atomic E-state index is -0.707. The number of aromatic nitrogens is 1. The monoisotopic (exact) mass is 237 g/mol. The highest BCUT2D eigenvalue weighted by Gasteiger charge is 2.39. The lowest BCUT2D eigenvalue weighted by Crippen LogP contribution is -2.10. The first-order valence-corrected chi connectivity index (χ1v) is 4.98. The quantitative estimate of drug-likeness (QED) is 0.567. The first kappa shape index (κ1) is 11.4. The van der Waals surface area contributed by atoms with Crippen LogP contribution in [-0.4, -0.2) is 31.1 Å². The molecule has 1 aromatic rings. The molecule has 1 fully saturated rings. The number of hydrogen-bond acceptors (Lipinski definition) is 6. The summed E-state index contributed by atoms with van der Waals surface area (Å²) in [6.07, 6.45) is 1.49. The molecule has 1 aromatic heterocycles. The van der Waals surface area contributed by atoms with Crippen LogP contribution in [0.5, 0.6) is 11.6 Å². The Bertz CT molecular complexity index is 449. The number of pyridine rings is 1. The molecule has 90 valence electrons. The lowest BCUT2D eigenvalue weighted by molar-refractivity contribution is -0.152. The topological polar surface area (TPSA) is 74.7 Å². The van der Waals surface area contributed by atoms with Crippen LogP contribution in [0.4, 0.5) is 0 Å². The average molecular weight is 237 g/mol. The van der Waals surface area contributed by atoms with Gasteiger partial charge in [0, 0.05) is 6.20 Å². The van der Waals surface area contributed by atoms with Crippen molar-refractivity contribution < 1.29 is 23.8 Å². The predicted octanol–water partition coefficient (Wildman–Crippen LogP) is 0.656. The summed E-state index contributed by atoms with van der Waals surface area (Å²) in [6.45, 7) is 0. The maximum atomic E-state index is 11.5. The van der Waals surface area contributed by atoms with E-state index in [1.807, 2.05) is 0 Å². The van der Waals surface area contributed by atoms with Gasteiger partial charge in [-0.05, 0) is 6.07 Å². The Hall–Kier alpha value is -2.11. The van der Waals surface area contributed by atoms with Gasteiger partial charge in [-0.25, -0.2) is 4.98 Å². The zero-order valence-electron chi connectivity index (χ0n) is 9.43. The lowest BCUT2D eigenvalue weighted by atomic mass is 9.98. The smallest absolute Gasteiger partial charge is 0.322 e. The van der Waals surface area contributed by atoms with Gasteiger partial charge in [-0.2, -0.15) is 0 Å². The molecule has 0 amide bonds. The first-order valence-electron chi connectivity index (χ1n) is 4.98. The van der Waals surface area contributed by atoms with Crippen molar-refractivity contribution in [2.75, 3.05) is 14.2 Å². The second-order valence-corrected chi connectivity index (χ2v) is 3.49.